The number of allylic oxidation sites excluding steroid dienone is 3. The molecule has 0 N–H and O–H groups in total. The maximum absolute atomic E-state index is 4.89. The molecule has 2 heteroatoms. The molecule has 118 valence electrons. The minimum atomic E-state index is 0.0102. The summed E-state index contributed by atoms with van der Waals surface area (Å²) in [6.45, 7) is 5.04. The van der Waals surface area contributed by atoms with E-state index in [4.69, 9.17) is 4.99 Å². The van der Waals surface area contributed by atoms with Crippen LogP contribution in [0, 0.1) is 6.42 Å². The van der Waals surface area contributed by atoms with Crippen LogP contribution in [-0.2, 0) is 0 Å². The van der Waals surface area contributed by atoms with Gasteiger partial charge >= 0.3 is 0 Å². The predicted molar refractivity (Wildman–Crippen MR) is 99.5 cm³/mol. The minimum Gasteiger partial charge on any atom is -0.330 e. The molecule has 1 unspecified atom stereocenters. The molecule has 1 atom stereocenters. The van der Waals surface area contributed by atoms with Crippen LogP contribution in [-0.4, -0.2) is 17.3 Å². The lowest BCUT2D eigenvalue weighted by atomic mass is 9.97. The standard InChI is InChI=1S/C22H20N2/c1-16-14-17(2)24-13-12-21(23-22(24)15-16)20-10-8-19(9-11-20)18-6-4-3-5-7-18/h3-11,14-15,21H,13H2,1-2H3. The molecule has 2 aliphatic heterocycles. The van der Waals surface area contributed by atoms with Crippen molar-refractivity contribution in [2.24, 2.45) is 4.99 Å². The number of fused-ring (bicyclic) bond motifs is 1. The van der Waals surface area contributed by atoms with Crippen molar-refractivity contribution in [1.29, 1.82) is 0 Å². The van der Waals surface area contributed by atoms with E-state index in [2.05, 4.69) is 85.9 Å². The lowest BCUT2D eigenvalue weighted by Crippen LogP contribution is -2.36. The quantitative estimate of drug-likeness (QED) is 0.757. The fraction of sp³-hybridized carbons (Fsp3) is 0.182. The number of hydrogen-bond donors (Lipinski definition) is 0. The zero-order valence-corrected chi connectivity index (χ0v) is 14.0. The highest BCUT2D eigenvalue weighted by Gasteiger charge is 2.25. The Bertz CT molecular complexity index is 826. The van der Waals surface area contributed by atoms with E-state index in [-0.39, 0.29) is 6.04 Å². The van der Waals surface area contributed by atoms with Crippen molar-refractivity contribution in [1.82, 2.24) is 4.90 Å². The van der Waals surface area contributed by atoms with Gasteiger partial charge in [-0.1, -0.05) is 54.6 Å². The van der Waals surface area contributed by atoms with Crippen molar-refractivity contribution in [2.45, 2.75) is 19.9 Å². The number of benzene rings is 2. The van der Waals surface area contributed by atoms with E-state index in [0.717, 1.165) is 12.4 Å². The average Bonchev–Trinajstić information content (AvgIpc) is 2.62. The molecule has 0 saturated carbocycles. The second-order valence-corrected chi connectivity index (χ2v) is 6.34. The summed E-state index contributed by atoms with van der Waals surface area (Å²) in [6.07, 6.45) is 7.85. The van der Waals surface area contributed by atoms with Crippen LogP contribution in [0.15, 0.2) is 83.0 Å². The molecule has 0 spiro atoms. The van der Waals surface area contributed by atoms with Gasteiger partial charge in [0.2, 0.25) is 0 Å². The highest BCUT2D eigenvalue weighted by molar-refractivity contribution is 5.97. The Hall–Kier alpha value is -2.61. The summed E-state index contributed by atoms with van der Waals surface area (Å²) in [5, 5.41) is 0. The largest absolute Gasteiger partial charge is 0.330 e. The van der Waals surface area contributed by atoms with E-state index in [0.29, 0.717) is 0 Å². The van der Waals surface area contributed by atoms with Gasteiger partial charge in [0, 0.05) is 18.7 Å². The highest BCUT2D eigenvalue weighted by Crippen LogP contribution is 2.30. The molecule has 4 rings (SSSR count). The van der Waals surface area contributed by atoms with E-state index in [1.54, 1.807) is 0 Å². The van der Waals surface area contributed by atoms with E-state index in [1.807, 2.05) is 6.07 Å². The normalized spacial score (nSPS) is 20.0. The van der Waals surface area contributed by atoms with Crippen LogP contribution in [0.5, 0.6) is 0 Å². The Morgan fingerprint density at radius 1 is 0.917 bits per heavy atom. The number of amidine groups is 1. The molecule has 2 radical (unpaired) electrons. The summed E-state index contributed by atoms with van der Waals surface area (Å²) < 4.78 is 0. The summed E-state index contributed by atoms with van der Waals surface area (Å²) in [5.41, 5.74) is 6.16. The number of rotatable bonds is 2. The molecule has 0 aliphatic carbocycles. The number of aliphatic imine (C=N–C) groups is 1. The van der Waals surface area contributed by atoms with Crippen molar-refractivity contribution >= 4 is 5.84 Å². The van der Waals surface area contributed by atoms with Crippen LogP contribution in [0.25, 0.3) is 11.1 Å². The second-order valence-electron chi connectivity index (χ2n) is 6.34. The first-order valence-electron chi connectivity index (χ1n) is 8.31. The lowest BCUT2D eigenvalue weighted by Gasteiger charge is -2.34. The summed E-state index contributed by atoms with van der Waals surface area (Å²) in [6, 6.07) is 19.1. The smallest absolute Gasteiger partial charge is 0.128 e. The molecule has 2 aromatic rings. The minimum absolute atomic E-state index is 0.0102. The molecule has 0 saturated heterocycles. The van der Waals surface area contributed by atoms with E-state index >= 15 is 0 Å². The Balaban J connectivity index is 1.60. The summed E-state index contributed by atoms with van der Waals surface area (Å²) in [4.78, 5) is 7.10. The summed E-state index contributed by atoms with van der Waals surface area (Å²) >= 11 is 0. The van der Waals surface area contributed by atoms with Gasteiger partial charge in [-0.05, 0) is 48.3 Å². The second kappa shape index (κ2) is 6.12. The van der Waals surface area contributed by atoms with Crippen LogP contribution >= 0.6 is 0 Å². The number of hydrogen-bond acceptors (Lipinski definition) is 2. The molecule has 2 aromatic carbocycles. The summed E-state index contributed by atoms with van der Waals surface area (Å²) in [5.74, 6) is 1.04. The summed E-state index contributed by atoms with van der Waals surface area (Å²) in [7, 11) is 0. The van der Waals surface area contributed by atoms with Gasteiger partial charge in [-0.2, -0.15) is 0 Å². The third-order valence-corrected chi connectivity index (χ3v) is 4.53. The monoisotopic (exact) mass is 312 g/mol. The van der Waals surface area contributed by atoms with Gasteiger partial charge < -0.3 is 4.90 Å². The predicted octanol–water partition coefficient (Wildman–Crippen LogP) is 5.05. The molecule has 24 heavy (non-hydrogen) atoms. The zero-order chi connectivity index (χ0) is 16.5. The Kier molecular flexibility index (Phi) is 3.81. The third-order valence-electron chi connectivity index (χ3n) is 4.53. The van der Waals surface area contributed by atoms with Crippen molar-refractivity contribution in [3.8, 4) is 11.1 Å². The van der Waals surface area contributed by atoms with E-state index < -0.39 is 0 Å². The maximum atomic E-state index is 4.89. The molecule has 2 heterocycles. The fourth-order valence-corrected chi connectivity index (χ4v) is 3.26. The number of nitrogens with zero attached hydrogens (tertiary/aromatic N) is 2. The SMILES string of the molecule is CC1=CC2=NC(c3ccc(-c4ccccc4)cc3)[C]CN2C(C)=C1. The third kappa shape index (κ3) is 2.80. The highest BCUT2D eigenvalue weighted by atomic mass is 15.2. The Morgan fingerprint density at radius 2 is 1.62 bits per heavy atom. The van der Waals surface area contributed by atoms with Gasteiger partial charge in [-0.3, -0.25) is 4.99 Å². The van der Waals surface area contributed by atoms with Crippen LogP contribution in [0.3, 0.4) is 0 Å². The fourth-order valence-electron chi connectivity index (χ4n) is 3.26. The van der Waals surface area contributed by atoms with Crippen molar-refractivity contribution < 1.29 is 0 Å². The van der Waals surface area contributed by atoms with E-state index in [9.17, 15) is 0 Å². The Labute approximate surface area is 143 Å². The van der Waals surface area contributed by atoms with Crippen molar-refractivity contribution in [2.75, 3.05) is 6.54 Å². The Morgan fingerprint density at radius 3 is 2.38 bits per heavy atom. The van der Waals surface area contributed by atoms with Gasteiger partial charge in [0.25, 0.3) is 0 Å². The first-order chi connectivity index (χ1) is 11.7. The van der Waals surface area contributed by atoms with Crippen LogP contribution in [0.1, 0.15) is 25.5 Å². The molecule has 0 fully saturated rings. The molecular formula is C22H20N2. The molecular weight excluding hydrogens is 292 g/mol. The van der Waals surface area contributed by atoms with Gasteiger partial charge in [0.1, 0.15) is 5.84 Å². The first-order valence-corrected chi connectivity index (χ1v) is 8.31. The zero-order valence-electron chi connectivity index (χ0n) is 14.0. The average molecular weight is 312 g/mol. The van der Waals surface area contributed by atoms with Crippen LogP contribution in [0.4, 0.5) is 0 Å². The van der Waals surface area contributed by atoms with E-state index in [1.165, 1.54) is 28.0 Å². The van der Waals surface area contributed by atoms with Gasteiger partial charge in [-0.25, -0.2) is 0 Å². The lowest BCUT2D eigenvalue weighted by molar-refractivity contribution is 0.499. The van der Waals surface area contributed by atoms with Crippen LogP contribution in [0.2, 0.25) is 0 Å². The van der Waals surface area contributed by atoms with Gasteiger partial charge in [0.15, 0.2) is 0 Å². The molecule has 0 aromatic heterocycles. The molecule has 2 aliphatic rings. The van der Waals surface area contributed by atoms with Gasteiger partial charge in [0.05, 0.1) is 6.04 Å². The van der Waals surface area contributed by atoms with Crippen molar-refractivity contribution in [3.63, 3.8) is 0 Å². The van der Waals surface area contributed by atoms with Gasteiger partial charge in [-0.15, -0.1) is 0 Å². The molecule has 2 nitrogen and oxygen atoms in total. The topological polar surface area (TPSA) is 15.6 Å². The first kappa shape index (κ1) is 14.9. The maximum Gasteiger partial charge on any atom is 0.128 e. The van der Waals surface area contributed by atoms with Crippen molar-refractivity contribution in [3.05, 3.63) is 90.0 Å². The van der Waals surface area contributed by atoms with Crippen LogP contribution < -0.4 is 0 Å². The molecule has 0 amide bonds. The molecule has 0 bridgehead atoms.